The van der Waals surface area contributed by atoms with Crippen molar-refractivity contribution in [1.29, 1.82) is 0 Å². The van der Waals surface area contributed by atoms with E-state index in [0.717, 1.165) is 10.2 Å². The van der Waals surface area contributed by atoms with Gasteiger partial charge in [-0.25, -0.2) is 0 Å². The second-order valence-electron chi connectivity index (χ2n) is 3.00. The van der Waals surface area contributed by atoms with Crippen molar-refractivity contribution in [3.05, 3.63) is 28.7 Å². The third-order valence-electron chi connectivity index (χ3n) is 1.82. The van der Waals surface area contributed by atoms with Crippen LogP contribution >= 0.6 is 15.9 Å². The molecule has 0 saturated carbocycles. The standard InChI is InChI=1S/C10H13BrO3/c11-9-1-3-10(4-2-9)14-7-8(5-12)6-13/h1-4,8,12-13H,5-7H2. The lowest BCUT2D eigenvalue weighted by Gasteiger charge is -2.12. The summed E-state index contributed by atoms with van der Waals surface area (Å²) in [6, 6.07) is 7.41. The maximum absolute atomic E-state index is 8.80. The average Bonchev–Trinajstić information content (AvgIpc) is 2.22. The zero-order valence-electron chi connectivity index (χ0n) is 7.69. The summed E-state index contributed by atoms with van der Waals surface area (Å²) in [5.41, 5.74) is 0. The molecule has 0 heterocycles. The molecular formula is C10H13BrO3. The molecule has 0 aliphatic heterocycles. The normalized spacial score (nSPS) is 10.6. The van der Waals surface area contributed by atoms with Crippen molar-refractivity contribution in [3.8, 4) is 5.75 Å². The van der Waals surface area contributed by atoms with Crippen LogP contribution in [0.1, 0.15) is 0 Å². The van der Waals surface area contributed by atoms with E-state index in [4.69, 9.17) is 14.9 Å². The Morgan fingerprint density at radius 2 is 1.71 bits per heavy atom. The number of aliphatic hydroxyl groups is 2. The second kappa shape index (κ2) is 6.01. The van der Waals surface area contributed by atoms with Crippen molar-refractivity contribution in [1.82, 2.24) is 0 Å². The fraction of sp³-hybridized carbons (Fsp3) is 0.400. The molecule has 0 aliphatic carbocycles. The molecule has 0 saturated heterocycles. The van der Waals surface area contributed by atoms with Crippen molar-refractivity contribution in [2.45, 2.75) is 0 Å². The van der Waals surface area contributed by atoms with E-state index in [9.17, 15) is 0 Å². The molecule has 0 fully saturated rings. The third kappa shape index (κ3) is 3.65. The predicted molar refractivity (Wildman–Crippen MR) is 57.3 cm³/mol. The van der Waals surface area contributed by atoms with Gasteiger partial charge >= 0.3 is 0 Å². The van der Waals surface area contributed by atoms with Crippen LogP contribution < -0.4 is 4.74 Å². The Bertz CT molecular complexity index is 257. The monoisotopic (exact) mass is 260 g/mol. The van der Waals surface area contributed by atoms with Gasteiger partial charge in [-0.1, -0.05) is 15.9 Å². The fourth-order valence-electron chi connectivity index (χ4n) is 0.908. The third-order valence-corrected chi connectivity index (χ3v) is 2.34. The van der Waals surface area contributed by atoms with E-state index in [1.165, 1.54) is 0 Å². The van der Waals surface area contributed by atoms with E-state index in [0.29, 0.717) is 6.61 Å². The average molecular weight is 261 g/mol. The van der Waals surface area contributed by atoms with Crippen LogP contribution in [0.2, 0.25) is 0 Å². The highest BCUT2D eigenvalue weighted by Crippen LogP contribution is 2.16. The summed E-state index contributed by atoms with van der Waals surface area (Å²) in [6.07, 6.45) is 0. The quantitative estimate of drug-likeness (QED) is 0.843. The van der Waals surface area contributed by atoms with Crippen LogP contribution in [0.4, 0.5) is 0 Å². The van der Waals surface area contributed by atoms with E-state index in [-0.39, 0.29) is 19.1 Å². The minimum atomic E-state index is -0.210. The molecule has 0 unspecified atom stereocenters. The van der Waals surface area contributed by atoms with Crippen molar-refractivity contribution >= 4 is 15.9 Å². The number of rotatable bonds is 5. The SMILES string of the molecule is OCC(CO)COc1ccc(Br)cc1. The van der Waals surface area contributed by atoms with Crippen LogP contribution in [-0.2, 0) is 0 Å². The molecule has 78 valence electrons. The molecule has 1 rings (SSSR count). The van der Waals surface area contributed by atoms with Gasteiger partial charge in [-0.05, 0) is 24.3 Å². The summed E-state index contributed by atoms with van der Waals surface area (Å²) in [7, 11) is 0. The molecule has 2 N–H and O–H groups in total. The molecule has 1 aromatic rings. The van der Waals surface area contributed by atoms with Crippen molar-refractivity contribution < 1.29 is 14.9 Å². The predicted octanol–water partition coefficient (Wildman–Crippen LogP) is 1.43. The second-order valence-corrected chi connectivity index (χ2v) is 3.91. The Kier molecular flexibility index (Phi) is 4.93. The van der Waals surface area contributed by atoms with Crippen LogP contribution in [-0.4, -0.2) is 30.0 Å². The van der Waals surface area contributed by atoms with E-state index in [1.54, 1.807) is 0 Å². The summed E-state index contributed by atoms with van der Waals surface area (Å²) >= 11 is 3.32. The van der Waals surface area contributed by atoms with Gasteiger partial charge in [0, 0.05) is 10.4 Å². The molecule has 0 aliphatic rings. The van der Waals surface area contributed by atoms with Crippen LogP contribution in [0.15, 0.2) is 28.7 Å². The number of hydrogen-bond acceptors (Lipinski definition) is 3. The Hall–Kier alpha value is -0.580. The maximum atomic E-state index is 8.80. The van der Waals surface area contributed by atoms with Crippen molar-refractivity contribution in [2.24, 2.45) is 5.92 Å². The van der Waals surface area contributed by atoms with Gasteiger partial charge in [0.2, 0.25) is 0 Å². The Morgan fingerprint density at radius 1 is 1.14 bits per heavy atom. The van der Waals surface area contributed by atoms with Gasteiger partial charge in [0.25, 0.3) is 0 Å². The molecule has 0 atom stereocenters. The van der Waals surface area contributed by atoms with Crippen LogP contribution in [0.5, 0.6) is 5.75 Å². The highest BCUT2D eigenvalue weighted by atomic mass is 79.9. The number of halogens is 1. The molecule has 0 bridgehead atoms. The summed E-state index contributed by atoms with van der Waals surface area (Å²) in [4.78, 5) is 0. The Labute approximate surface area is 91.5 Å². The Morgan fingerprint density at radius 3 is 2.21 bits per heavy atom. The molecule has 14 heavy (non-hydrogen) atoms. The van der Waals surface area contributed by atoms with Crippen LogP contribution in [0.3, 0.4) is 0 Å². The molecule has 4 heteroatoms. The first-order valence-electron chi connectivity index (χ1n) is 4.36. The zero-order valence-corrected chi connectivity index (χ0v) is 9.27. The molecule has 1 aromatic carbocycles. The maximum Gasteiger partial charge on any atom is 0.119 e. The first-order valence-corrected chi connectivity index (χ1v) is 5.15. The van der Waals surface area contributed by atoms with E-state index < -0.39 is 0 Å². The van der Waals surface area contributed by atoms with Crippen molar-refractivity contribution in [2.75, 3.05) is 19.8 Å². The summed E-state index contributed by atoms with van der Waals surface area (Å²) in [6.45, 7) is 0.203. The molecule has 0 amide bonds. The minimum Gasteiger partial charge on any atom is -0.493 e. The highest BCUT2D eigenvalue weighted by molar-refractivity contribution is 9.10. The van der Waals surface area contributed by atoms with E-state index in [2.05, 4.69) is 15.9 Å². The number of aliphatic hydroxyl groups excluding tert-OH is 2. The lowest BCUT2D eigenvalue weighted by atomic mass is 10.2. The van der Waals surface area contributed by atoms with Gasteiger partial charge < -0.3 is 14.9 Å². The zero-order chi connectivity index (χ0) is 10.4. The molecular weight excluding hydrogens is 248 g/mol. The number of ether oxygens (including phenoxy) is 1. The van der Waals surface area contributed by atoms with Gasteiger partial charge in [-0.3, -0.25) is 0 Å². The van der Waals surface area contributed by atoms with Crippen molar-refractivity contribution in [3.63, 3.8) is 0 Å². The minimum absolute atomic E-state index is 0.0625. The fourth-order valence-corrected chi connectivity index (χ4v) is 1.17. The molecule has 3 nitrogen and oxygen atoms in total. The van der Waals surface area contributed by atoms with Gasteiger partial charge in [0.15, 0.2) is 0 Å². The van der Waals surface area contributed by atoms with Crippen LogP contribution in [0, 0.1) is 5.92 Å². The van der Waals surface area contributed by atoms with Gasteiger partial charge in [0.05, 0.1) is 19.8 Å². The first-order chi connectivity index (χ1) is 6.76. The largest absolute Gasteiger partial charge is 0.493 e. The molecule has 0 radical (unpaired) electrons. The van der Waals surface area contributed by atoms with E-state index >= 15 is 0 Å². The molecule has 0 spiro atoms. The number of hydrogen-bond donors (Lipinski definition) is 2. The van der Waals surface area contributed by atoms with Gasteiger partial charge in [0.1, 0.15) is 5.75 Å². The summed E-state index contributed by atoms with van der Waals surface area (Å²) in [5, 5.41) is 17.6. The number of benzene rings is 1. The topological polar surface area (TPSA) is 49.7 Å². The lowest BCUT2D eigenvalue weighted by Crippen LogP contribution is -2.19. The van der Waals surface area contributed by atoms with Gasteiger partial charge in [-0.15, -0.1) is 0 Å². The van der Waals surface area contributed by atoms with E-state index in [1.807, 2.05) is 24.3 Å². The smallest absolute Gasteiger partial charge is 0.119 e. The Balaban J connectivity index is 2.41. The van der Waals surface area contributed by atoms with Gasteiger partial charge in [-0.2, -0.15) is 0 Å². The van der Waals surface area contributed by atoms with Crippen LogP contribution in [0.25, 0.3) is 0 Å². The molecule has 0 aromatic heterocycles. The summed E-state index contributed by atoms with van der Waals surface area (Å²) < 4.78 is 6.36. The lowest BCUT2D eigenvalue weighted by molar-refractivity contribution is 0.106. The highest BCUT2D eigenvalue weighted by Gasteiger charge is 2.06. The first kappa shape index (κ1) is 11.5. The summed E-state index contributed by atoms with van der Waals surface area (Å²) in [5.74, 6) is 0.527.